The molecule has 0 aromatic carbocycles. The number of nitrogens with zero attached hydrogens (tertiary/aromatic N) is 2. The van der Waals surface area contributed by atoms with Gasteiger partial charge in [0.2, 0.25) is 5.91 Å². The lowest BCUT2D eigenvalue weighted by Gasteiger charge is -2.17. The lowest BCUT2D eigenvalue weighted by Crippen LogP contribution is -2.43. The number of carbonyl (C=O) groups excluding carboxylic acids is 1. The number of unbranched alkanes of at least 4 members (excludes halogenated alkanes) is 3. The van der Waals surface area contributed by atoms with Gasteiger partial charge < -0.3 is 15.5 Å². The van der Waals surface area contributed by atoms with E-state index in [1.54, 1.807) is 19.0 Å². The fourth-order valence-corrected chi connectivity index (χ4v) is 1.53. The largest absolute Gasteiger partial charge is 0.356 e. The third-order valence-electron chi connectivity index (χ3n) is 3.19. The molecule has 0 rings (SSSR count). The molecule has 118 valence electrons. The molecule has 0 aromatic rings. The summed E-state index contributed by atoms with van der Waals surface area (Å²) in [5, 5.41) is 6.63. The van der Waals surface area contributed by atoms with E-state index in [0.29, 0.717) is 6.04 Å². The molecule has 5 heteroatoms. The minimum Gasteiger partial charge on any atom is -0.356 e. The number of aliphatic imine (C=N–C) groups is 1. The molecule has 0 bridgehead atoms. The van der Waals surface area contributed by atoms with Crippen molar-refractivity contribution in [3.63, 3.8) is 0 Å². The molecule has 0 aliphatic rings. The summed E-state index contributed by atoms with van der Waals surface area (Å²) in [6.07, 6.45) is 5.90. The monoisotopic (exact) mass is 284 g/mol. The van der Waals surface area contributed by atoms with E-state index in [1.165, 1.54) is 19.3 Å². The van der Waals surface area contributed by atoms with Crippen LogP contribution in [0.5, 0.6) is 0 Å². The van der Waals surface area contributed by atoms with Crippen LogP contribution in [-0.2, 0) is 4.79 Å². The lowest BCUT2D eigenvalue weighted by molar-refractivity contribution is -0.127. The number of hydrogen-bond donors (Lipinski definition) is 2. The smallest absolute Gasteiger partial charge is 0.243 e. The van der Waals surface area contributed by atoms with E-state index in [-0.39, 0.29) is 12.5 Å². The van der Waals surface area contributed by atoms with Crippen molar-refractivity contribution in [2.45, 2.75) is 58.9 Å². The van der Waals surface area contributed by atoms with Crippen LogP contribution >= 0.6 is 0 Å². The Morgan fingerprint density at radius 1 is 1.20 bits per heavy atom. The summed E-state index contributed by atoms with van der Waals surface area (Å²) in [5.41, 5.74) is 0. The zero-order valence-electron chi connectivity index (χ0n) is 13.8. The van der Waals surface area contributed by atoms with Gasteiger partial charge in [-0.15, -0.1) is 0 Å². The molecule has 0 saturated heterocycles. The fraction of sp³-hybridized carbons (Fsp3) is 0.867. The number of guanidine groups is 1. The van der Waals surface area contributed by atoms with E-state index in [0.717, 1.165) is 25.3 Å². The molecule has 20 heavy (non-hydrogen) atoms. The lowest BCUT2D eigenvalue weighted by atomic mass is 10.2. The third-order valence-corrected chi connectivity index (χ3v) is 3.19. The molecule has 1 amide bonds. The molecule has 0 heterocycles. The van der Waals surface area contributed by atoms with Crippen molar-refractivity contribution in [1.82, 2.24) is 15.5 Å². The van der Waals surface area contributed by atoms with Gasteiger partial charge in [-0.3, -0.25) is 4.79 Å². The van der Waals surface area contributed by atoms with Crippen molar-refractivity contribution in [2.24, 2.45) is 4.99 Å². The first-order valence-electron chi connectivity index (χ1n) is 7.76. The van der Waals surface area contributed by atoms with E-state index < -0.39 is 0 Å². The molecule has 0 aromatic heterocycles. The highest BCUT2D eigenvalue weighted by atomic mass is 16.2. The topological polar surface area (TPSA) is 56.7 Å². The average Bonchev–Trinajstić information content (AvgIpc) is 2.43. The first-order valence-corrected chi connectivity index (χ1v) is 7.76. The second-order valence-corrected chi connectivity index (χ2v) is 5.39. The van der Waals surface area contributed by atoms with Crippen LogP contribution in [0.15, 0.2) is 4.99 Å². The maximum absolute atomic E-state index is 11.6. The van der Waals surface area contributed by atoms with Crippen LogP contribution in [0.2, 0.25) is 0 Å². The fourth-order valence-electron chi connectivity index (χ4n) is 1.53. The molecule has 0 radical (unpaired) electrons. The summed E-state index contributed by atoms with van der Waals surface area (Å²) in [6.45, 7) is 7.54. The summed E-state index contributed by atoms with van der Waals surface area (Å²) < 4.78 is 0. The van der Waals surface area contributed by atoms with Gasteiger partial charge in [0.1, 0.15) is 6.54 Å². The Morgan fingerprint density at radius 2 is 1.90 bits per heavy atom. The predicted octanol–water partition coefficient (Wildman–Crippen LogP) is 1.99. The third kappa shape index (κ3) is 9.64. The van der Waals surface area contributed by atoms with Gasteiger partial charge in [0.05, 0.1) is 0 Å². The molecule has 1 unspecified atom stereocenters. The molecule has 0 saturated carbocycles. The van der Waals surface area contributed by atoms with E-state index in [1.807, 2.05) is 0 Å². The average molecular weight is 284 g/mol. The summed E-state index contributed by atoms with van der Waals surface area (Å²) >= 11 is 0. The summed E-state index contributed by atoms with van der Waals surface area (Å²) in [4.78, 5) is 17.5. The number of carbonyl (C=O) groups is 1. The highest BCUT2D eigenvalue weighted by Crippen LogP contribution is 1.97. The quantitative estimate of drug-likeness (QED) is 0.387. The van der Waals surface area contributed by atoms with Crippen molar-refractivity contribution in [2.75, 3.05) is 27.2 Å². The number of rotatable bonds is 9. The molecule has 0 aliphatic carbocycles. The molecule has 0 aliphatic heterocycles. The summed E-state index contributed by atoms with van der Waals surface area (Å²) in [5.74, 6) is 0.757. The number of hydrogen-bond acceptors (Lipinski definition) is 2. The standard InChI is InChI=1S/C15H32N4O/c1-6-8-9-10-11-16-15(18-13(3)7-2)17-12-14(20)19(4)5/h13H,6-12H2,1-5H3,(H2,16,17,18). The molecular formula is C15H32N4O. The summed E-state index contributed by atoms with van der Waals surface area (Å²) in [6, 6.07) is 0.353. The van der Waals surface area contributed by atoms with Crippen molar-refractivity contribution in [3.8, 4) is 0 Å². The van der Waals surface area contributed by atoms with Crippen LogP contribution in [-0.4, -0.2) is 50.0 Å². The highest BCUT2D eigenvalue weighted by molar-refractivity contribution is 5.84. The number of likely N-dealkylation sites (N-methyl/N-ethyl adjacent to an activating group) is 1. The van der Waals surface area contributed by atoms with Gasteiger partial charge in [-0.1, -0.05) is 33.1 Å². The first kappa shape index (κ1) is 18.7. The predicted molar refractivity (Wildman–Crippen MR) is 86.0 cm³/mol. The van der Waals surface area contributed by atoms with Crippen molar-refractivity contribution in [3.05, 3.63) is 0 Å². The second-order valence-electron chi connectivity index (χ2n) is 5.39. The van der Waals surface area contributed by atoms with E-state index >= 15 is 0 Å². The molecule has 5 nitrogen and oxygen atoms in total. The van der Waals surface area contributed by atoms with Crippen LogP contribution in [0.25, 0.3) is 0 Å². The van der Waals surface area contributed by atoms with E-state index in [9.17, 15) is 4.79 Å². The van der Waals surface area contributed by atoms with Gasteiger partial charge in [0.25, 0.3) is 0 Å². The van der Waals surface area contributed by atoms with Crippen LogP contribution in [0.3, 0.4) is 0 Å². The Balaban J connectivity index is 4.25. The maximum Gasteiger partial charge on any atom is 0.243 e. The maximum atomic E-state index is 11.6. The van der Waals surface area contributed by atoms with Gasteiger partial charge in [-0.25, -0.2) is 4.99 Å². The molecule has 2 N–H and O–H groups in total. The van der Waals surface area contributed by atoms with Crippen LogP contribution in [0.4, 0.5) is 0 Å². The Kier molecular flexibility index (Phi) is 10.8. The molecule has 0 spiro atoms. The zero-order valence-corrected chi connectivity index (χ0v) is 13.8. The first-order chi connectivity index (χ1) is 9.51. The van der Waals surface area contributed by atoms with Crippen molar-refractivity contribution in [1.29, 1.82) is 0 Å². The summed E-state index contributed by atoms with van der Waals surface area (Å²) in [7, 11) is 3.50. The number of nitrogens with one attached hydrogen (secondary N) is 2. The van der Waals surface area contributed by atoms with Crippen LogP contribution < -0.4 is 10.6 Å². The van der Waals surface area contributed by atoms with Crippen LogP contribution in [0, 0.1) is 0 Å². The Morgan fingerprint density at radius 3 is 2.45 bits per heavy atom. The minimum absolute atomic E-state index is 0.0150. The van der Waals surface area contributed by atoms with Gasteiger partial charge in [-0.2, -0.15) is 0 Å². The van der Waals surface area contributed by atoms with Gasteiger partial charge in [-0.05, 0) is 19.8 Å². The molecule has 1 atom stereocenters. The normalized spacial score (nSPS) is 12.9. The van der Waals surface area contributed by atoms with E-state index in [2.05, 4.69) is 36.4 Å². The molecular weight excluding hydrogens is 252 g/mol. The zero-order chi connectivity index (χ0) is 15.4. The van der Waals surface area contributed by atoms with Gasteiger partial charge in [0, 0.05) is 26.7 Å². The Labute approximate surface area is 124 Å². The van der Waals surface area contributed by atoms with Crippen molar-refractivity contribution < 1.29 is 4.79 Å². The SMILES string of the molecule is CCCCCCNC(=NCC(=O)N(C)C)NC(C)CC. The van der Waals surface area contributed by atoms with Crippen LogP contribution in [0.1, 0.15) is 52.9 Å². The second kappa shape index (κ2) is 11.6. The minimum atomic E-state index is 0.0150. The Hall–Kier alpha value is -1.26. The number of amides is 1. The van der Waals surface area contributed by atoms with E-state index in [4.69, 9.17) is 0 Å². The Bertz CT molecular complexity index is 290. The van der Waals surface area contributed by atoms with Gasteiger partial charge in [0.15, 0.2) is 5.96 Å². The van der Waals surface area contributed by atoms with Crippen molar-refractivity contribution >= 4 is 11.9 Å². The molecule has 0 fully saturated rings. The highest BCUT2D eigenvalue weighted by Gasteiger charge is 2.06. The van der Waals surface area contributed by atoms with Gasteiger partial charge >= 0.3 is 0 Å².